The number of carboxylic acids is 1. The Morgan fingerprint density at radius 3 is 2.36 bits per heavy atom. The number of benzene rings is 2. The van der Waals surface area contributed by atoms with E-state index in [1.54, 1.807) is 0 Å². The van der Waals surface area contributed by atoms with Gasteiger partial charge in [-0.3, -0.25) is 4.79 Å². The van der Waals surface area contributed by atoms with Crippen molar-refractivity contribution in [3.05, 3.63) is 71.8 Å². The summed E-state index contributed by atoms with van der Waals surface area (Å²) in [5, 5.41) is 21.8. The molecule has 1 aliphatic heterocycles. The molecule has 3 N–H and O–H groups in total. The van der Waals surface area contributed by atoms with Crippen LogP contribution in [0.15, 0.2) is 60.7 Å². The molecule has 1 heterocycles. The van der Waals surface area contributed by atoms with E-state index in [0.29, 0.717) is 13.0 Å². The third-order valence-corrected chi connectivity index (χ3v) is 6.15. The van der Waals surface area contributed by atoms with Gasteiger partial charge < -0.3 is 25.2 Å². The topological polar surface area (TPSA) is 116 Å². The number of hydrogen-bond donors (Lipinski definition) is 3. The van der Waals surface area contributed by atoms with Gasteiger partial charge in [-0.1, -0.05) is 54.6 Å². The molecule has 1 atom stereocenters. The monoisotopic (exact) mass is 450 g/mol. The minimum absolute atomic E-state index is 0.0349. The van der Waals surface area contributed by atoms with Gasteiger partial charge in [-0.2, -0.15) is 0 Å². The molecule has 0 radical (unpaired) electrons. The number of rotatable bonds is 6. The van der Waals surface area contributed by atoms with E-state index < -0.39 is 23.6 Å². The molecule has 2 amide bonds. The van der Waals surface area contributed by atoms with Crippen molar-refractivity contribution in [2.45, 2.75) is 24.4 Å². The van der Waals surface area contributed by atoms with E-state index in [0.717, 1.165) is 22.3 Å². The smallest absolute Gasteiger partial charge is 0.407 e. The molecule has 0 saturated carbocycles. The van der Waals surface area contributed by atoms with Crippen molar-refractivity contribution in [2.75, 3.05) is 26.2 Å². The maximum atomic E-state index is 12.3. The van der Waals surface area contributed by atoms with Gasteiger partial charge in [0.1, 0.15) is 6.61 Å². The van der Waals surface area contributed by atoms with E-state index in [9.17, 15) is 19.5 Å². The molecular formula is C25H26N2O6. The fraction of sp³-hybridized carbons (Fsp3) is 0.320. The molecule has 1 fully saturated rings. The van der Waals surface area contributed by atoms with Crippen LogP contribution in [-0.2, 0) is 14.3 Å². The average molecular weight is 450 g/mol. The molecule has 1 unspecified atom stereocenters. The summed E-state index contributed by atoms with van der Waals surface area (Å²) < 4.78 is 5.44. The van der Waals surface area contributed by atoms with Gasteiger partial charge in [-0.05, 0) is 35.1 Å². The molecule has 0 spiro atoms. The Morgan fingerprint density at radius 2 is 1.73 bits per heavy atom. The fourth-order valence-corrected chi connectivity index (χ4v) is 4.46. The number of nitrogens with zero attached hydrogens (tertiary/aromatic N) is 1. The van der Waals surface area contributed by atoms with Crippen molar-refractivity contribution < 1.29 is 29.3 Å². The van der Waals surface area contributed by atoms with Gasteiger partial charge in [-0.25, -0.2) is 9.59 Å². The van der Waals surface area contributed by atoms with Gasteiger partial charge in [0.05, 0.1) is 6.54 Å². The average Bonchev–Trinajstić information content (AvgIpc) is 3.14. The highest BCUT2D eigenvalue weighted by molar-refractivity contribution is 5.89. The van der Waals surface area contributed by atoms with E-state index in [4.69, 9.17) is 9.84 Å². The summed E-state index contributed by atoms with van der Waals surface area (Å²) in [6, 6.07) is 16.1. The number of nitrogens with one attached hydrogen (secondary N) is 1. The van der Waals surface area contributed by atoms with Gasteiger partial charge in [-0.15, -0.1) is 0 Å². The van der Waals surface area contributed by atoms with Crippen LogP contribution >= 0.6 is 0 Å². The van der Waals surface area contributed by atoms with E-state index in [1.165, 1.54) is 17.1 Å². The van der Waals surface area contributed by atoms with Crippen molar-refractivity contribution in [3.8, 4) is 11.1 Å². The lowest BCUT2D eigenvalue weighted by atomic mass is 9.93. The lowest BCUT2D eigenvalue weighted by Gasteiger charge is -2.35. The summed E-state index contributed by atoms with van der Waals surface area (Å²) in [6.07, 6.45) is 2.65. The SMILES string of the molecule is O=C(NC/C=C/C(=O)N1CCCC(O)(C(=O)O)C1)OCC1c2ccccc2-c2ccccc21. The second-order valence-corrected chi connectivity index (χ2v) is 8.31. The van der Waals surface area contributed by atoms with Crippen LogP contribution in [-0.4, -0.2) is 64.9 Å². The molecule has 0 bridgehead atoms. The molecule has 172 valence electrons. The normalized spacial score (nSPS) is 19.7. The summed E-state index contributed by atoms with van der Waals surface area (Å²) in [5.41, 5.74) is 2.63. The Labute approximate surface area is 191 Å². The number of likely N-dealkylation sites (tertiary alicyclic amines) is 1. The quantitative estimate of drug-likeness (QED) is 0.583. The first-order valence-corrected chi connectivity index (χ1v) is 10.9. The van der Waals surface area contributed by atoms with E-state index in [-0.39, 0.29) is 32.0 Å². The number of fused-ring (bicyclic) bond motifs is 3. The molecule has 8 nitrogen and oxygen atoms in total. The number of aliphatic hydroxyl groups is 1. The number of aliphatic carboxylic acids is 1. The molecule has 2 aromatic rings. The Morgan fingerprint density at radius 1 is 1.09 bits per heavy atom. The molecule has 33 heavy (non-hydrogen) atoms. The molecule has 1 saturated heterocycles. The lowest BCUT2D eigenvalue weighted by molar-refractivity contribution is -0.165. The highest BCUT2D eigenvalue weighted by Crippen LogP contribution is 2.44. The second kappa shape index (κ2) is 9.46. The van der Waals surface area contributed by atoms with Crippen LogP contribution in [0, 0.1) is 0 Å². The van der Waals surface area contributed by atoms with Crippen LogP contribution in [0.4, 0.5) is 4.79 Å². The molecule has 2 aliphatic rings. The van der Waals surface area contributed by atoms with E-state index in [2.05, 4.69) is 17.4 Å². The molecule has 1 aliphatic carbocycles. The van der Waals surface area contributed by atoms with Crippen LogP contribution in [0.5, 0.6) is 0 Å². The highest BCUT2D eigenvalue weighted by atomic mass is 16.5. The molecule has 2 aromatic carbocycles. The van der Waals surface area contributed by atoms with Crippen molar-refractivity contribution in [1.29, 1.82) is 0 Å². The van der Waals surface area contributed by atoms with Crippen molar-refractivity contribution in [2.24, 2.45) is 0 Å². The minimum Gasteiger partial charge on any atom is -0.479 e. The predicted octanol–water partition coefficient (Wildman–Crippen LogP) is 2.52. The van der Waals surface area contributed by atoms with Crippen molar-refractivity contribution >= 4 is 18.0 Å². The highest BCUT2D eigenvalue weighted by Gasteiger charge is 2.41. The zero-order valence-corrected chi connectivity index (χ0v) is 18.1. The van der Waals surface area contributed by atoms with Gasteiger partial charge >= 0.3 is 12.1 Å². The van der Waals surface area contributed by atoms with E-state index in [1.807, 2.05) is 36.4 Å². The molecular weight excluding hydrogens is 424 g/mol. The standard InChI is InChI=1S/C25H26N2O6/c28-22(27-14-6-12-25(32,16-27)23(29)30)11-5-13-26-24(31)33-15-21-19-9-3-1-7-17(19)18-8-2-4-10-20(18)21/h1-5,7-11,21,32H,6,12-16H2,(H,26,31)(H,29,30)/b11-5+. The number of carbonyl (C=O) groups is 3. The number of alkyl carbamates (subject to hydrolysis) is 1. The number of β-amino-alcohol motifs (C(OH)–C–C–N with tert-alkyl or cyclic N) is 1. The Balaban J connectivity index is 1.26. The largest absolute Gasteiger partial charge is 0.479 e. The number of piperidine rings is 1. The van der Waals surface area contributed by atoms with Crippen LogP contribution in [0.25, 0.3) is 11.1 Å². The fourth-order valence-electron chi connectivity index (χ4n) is 4.46. The summed E-state index contributed by atoms with van der Waals surface area (Å²) in [7, 11) is 0. The third kappa shape index (κ3) is 4.75. The summed E-state index contributed by atoms with van der Waals surface area (Å²) >= 11 is 0. The molecule has 0 aromatic heterocycles. The first-order chi connectivity index (χ1) is 15.9. The van der Waals surface area contributed by atoms with Crippen LogP contribution < -0.4 is 5.32 Å². The summed E-state index contributed by atoms with van der Waals surface area (Å²) in [6.45, 7) is 0.396. The molecule has 8 heteroatoms. The van der Waals surface area contributed by atoms with Gasteiger partial charge in [0.15, 0.2) is 5.60 Å². The maximum absolute atomic E-state index is 12.3. The first-order valence-electron chi connectivity index (χ1n) is 10.9. The number of amides is 2. The number of ether oxygens (including phenoxy) is 1. The van der Waals surface area contributed by atoms with Crippen LogP contribution in [0.3, 0.4) is 0 Å². The molecule has 4 rings (SSSR count). The third-order valence-electron chi connectivity index (χ3n) is 6.15. The maximum Gasteiger partial charge on any atom is 0.407 e. The minimum atomic E-state index is -1.92. The van der Waals surface area contributed by atoms with Crippen LogP contribution in [0.2, 0.25) is 0 Å². The van der Waals surface area contributed by atoms with Crippen molar-refractivity contribution in [1.82, 2.24) is 10.2 Å². The second-order valence-electron chi connectivity index (χ2n) is 8.31. The Kier molecular flexibility index (Phi) is 6.46. The Hall–Kier alpha value is -3.65. The first kappa shape index (κ1) is 22.5. The van der Waals surface area contributed by atoms with Crippen molar-refractivity contribution in [3.63, 3.8) is 0 Å². The summed E-state index contributed by atoms with van der Waals surface area (Å²) in [5.74, 6) is -1.78. The van der Waals surface area contributed by atoms with Gasteiger partial charge in [0, 0.05) is 25.1 Å². The number of carboxylic acid groups (broad SMARTS) is 1. The van der Waals surface area contributed by atoms with Gasteiger partial charge in [0.25, 0.3) is 0 Å². The predicted molar refractivity (Wildman–Crippen MR) is 121 cm³/mol. The number of carbonyl (C=O) groups excluding carboxylic acids is 2. The van der Waals surface area contributed by atoms with Crippen LogP contribution in [0.1, 0.15) is 29.9 Å². The van der Waals surface area contributed by atoms with E-state index >= 15 is 0 Å². The zero-order valence-electron chi connectivity index (χ0n) is 18.1. The van der Waals surface area contributed by atoms with Gasteiger partial charge in [0.2, 0.25) is 5.91 Å². The number of hydrogen-bond acceptors (Lipinski definition) is 5. The Bertz CT molecular complexity index is 1050. The summed E-state index contributed by atoms with van der Waals surface area (Å²) in [4.78, 5) is 36.9. The lowest BCUT2D eigenvalue weighted by Crippen LogP contribution is -2.54. The zero-order chi connectivity index (χ0) is 23.4.